The van der Waals surface area contributed by atoms with Gasteiger partial charge in [-0.15, -0.1) is 0 Å². The Labute approximate surface area is 243 Å². The number of halogens is 1. The lowest BCUT2D eigenvalue weighted by Crippen LogP contribution is -2.61. The number of hydrogen-bond donors (Lipinski definition) is 1. The van der Waals surface area contributed by atoms with Gasteiger partial charge in [0, 0.05) is 4.47 Å². The molecule has 0 saturated carbocycles. The number of hydrogen-bond acceptors (Lipinski definition) is 6. The van der Waals surface area contributed by atoms with Gasteiger partial charge >= 0.3 is 0 Å². The van der Waals surface area contributed by atoms with Crippen molar-refractivity contribution >= 4 is 15.9 Å². The minimum absolute atomic E-state index is 0.156. The molecule has 5 atom stereocenters. The van der Waals surface area contributed by atoms with Crippen molar-refractivity contribution in [1.82, 2.24) is 0 Å². The van der Waals surface area contributed by atoms with E-state index in [2.05, 4.69) is 15.9 Å². The first-order chi connectivity index (χ1) is 19.7. The molecule has 1 saturated heterocycles. The van der Waals surface area contributed by atoms with E-state index in [0.717, 1.165) is 21.2 Å². The average molecular weight is 606 g/mol. The molecule has 208 valence electrons. The number of aliphatic hydroxyl groups is 1. The van der Waals surface area contributed by atoms with Crippen LogP contribution in [0.1, 0.15) is 16.7 Å². The second kappa shape index (κ2) is 14.6. The monoisotopic (exact) mass is 604 g/mol. The molecule has 1 unspecified atom stereocenters. The highest BCUT2D eigenvalue weighted by Gasteiger charge is 2.48. The van der Waals surface area contributed by atoms with E-state index >= 15 is 0 Å². The van der Waals surface area contributed by atoms with E-state index in [9.17, 15) is 5.11 Å². The van der Waals surface area contributed by atoms with Crippen LogP contribution in [0.2, 0.25) is 0 Å². The van der Waals surface area contributed by atoms with Crippen LogP contribution >= 0.6 is 15.9 Å². The quantitative estimate of drug-likeness (QED) is 0.205. The number of rotatable bonds is 12. The Balaban J connectivity index is 1.39. The van der Waals surface area contributed by atoms with Crippen LogP contribution in [-0.2, 0) is 38.8 Å². The molecule has 1 fully saturated rings. The molecule has 1 aliphatic rings. The third kappa shape index (κ3) is 8.01. The zero-order valence-electron chi connectivity index (χ0n) is 22.1. The second-order valence-corrected chi connectivity index (χ2v) is 10.5. The van der Waals surface area contributed by atoms with Crippen LogP contribution < -0.4 is 4.74 Å². The molecule has 4 aromatic rings. The predicted molar refractivity (Wildman–Crippen MR) is 156 cm³/mol. The molecule has 1 aliphatic heterocycles. The molecule has 5 rings (SSSR count). The van der Waals surface area contributed by atoms with Crippen molar-refractivity contribution in [3.8, 4) is 5.75 Å². The van der Waals surface area contributed by atoms with Crippen LogP contribution in [-0.4, -0.2) is 42.4 Å². The summed E-state index contributed by atoms with van der Waals surface area (Å²) in [5.41, 5.74) is 3.01. The van der Waals surface area contributed by atoms with Crippen molar-refractivity contribution in [2.75, 3.05) is 6.61 Å². The summed E-state index contributed by atoms with van der Waals surface area (Å²) in [4.78, 5) is 0. The van der Waals surface area contributed by atoms with E-state index in [-0.39, 0.29) is 6.61 Å². The number of benzene rings is 4. The molecule has 4 aromatic carbocycles. The molecule has 0 aromatic heterocycles. The molecular formula is C33H33BrO6. The summed E-state index contributed by atoms with van der Waals surface area (Å²) in [5.74, 6) is 0.679. The third-order valence-electron chi connectivity index (χ3n) is 6.68. The van der Waals surface area contributed by atoms with Crippen molar-refractivity contribution in [3.63, 3.8) is 0 Å². The van der Waals surface area contributed by atoms with E-state index in [1.54, 1.807) is 0 Å². The largest absolute Gasteiger partial charge is 0.491 e. The maximum atomic E-state index is 11.2. The highest BCUT2D eigenvalue weighted by molar-refractivity contribution is 9.10. The maximum Gasteiger partial charge on any atom is 0.184 e. The normalized spacial score (nSPS) is 22.6. The molecule has 40 heavy (non-hydrogen) atoms. The second-order valence-electron chi connectivity index (χ2n) is 9.62. The summed E-state index contributed by atoms with van der Waals surface area (Å²) < 4.78 is 32.4. The van der Waals surface area contributed by atoms with Crippen LogP contribution in [0.25, 0.3) is 0 Å². The van der Waals surface area contributed by atoms with Gasteiger partial charge in [0.05, 0.1) is 19.8 Å². The van der Waals surface area contributed by atoms with Gasteiger partial charge in [-0.25, -0.2) is 0 Å². The lowest BCUT2D eigenvalue weighted by atomic mass is 9.98. The van der Waals surface area contributed by atoms with Crippen molar-refractivity contribution < 1.29 is 28.8 Å². The first-order valence-corrected chi connectivity index (χ1v) is 14.1. The topological polar surface area (TPSA) is 66.4 Å². The highest BCUT2D eigenvalue weighted by atomic mass is 79.9. The van der Waals surface area contributed by atoms with Gasteiger partial charge in [-0.3, -0.25) is 0 Å². The summed E-state index contributed by atoms with van der Waals surface area (Å²) >= 11 is 3.48. The lowest BCUT2D eigenvalue weighted by molar-refractivity contribution is -0.314. The van der Waals surface area contributed by atoms with Gasteiger partial charge in [0.25, 0.3) is 0 Å². The lowest BCUT2D eigenvalue weighted by Gasteiger charge is -2.44. The smallest absolute Gasteiger partial charge is 0.184 e. The minimum Gasteiger partial charge on any atom is -0.491 e. The fourth-order valence-corrected chi connectivity index (χ4v) is 5.01. The van der Waals surface area contributed by atoms with Crippen LogP contribution in [0, 0.1) is 0 Å². The summed E-state index contributed by atoms with van der Waals surface area (Å²) in [6.07, 6.45) is -3.85. The molecule has 7 heteroatoms. The molecule has 6 nitrogen and oxygen atoms in total. The zero-order chi connectivity index (χ0) is 27.6. The van der Waals surface area contributed by atoms with Gasteiger partial charge in [-0.1, -0.05) is 113 Å². The number of ether oxygens (including phenoxy) is 5. The van der Waals surface area contributed by atoms with E-state index in [1.165, 1.54) is 0 Å². The first kappa shape index (κ1) is 28.5. The molecule has 0 spiro atoms. The van der Waals surface area contributed by atoms with Crippen molar-refractivity contribution in [1.29, 1.82) is 0 Å². The fourth-order valence-electron chi connectivity index (χ4n) is 4.63. The summed E-state index contributed by atoms with van der Waals surface area (Å²) in [6, 6.07) is 37.3. The van der Waals surface area contributed by atoms with Crippen LogP contribution in [0.5, 0.6) is 5.75 Å². The van der Waals surface area contributed by atoms with Gasteiger partial charge in [-0.05, 0) is 34.9 Å². The molecule has 1 N–H and O–H groups in total. The van der Waals surface area contributed by atoms with E-state index in [4.69, 9.17) is 23.7 Å². The average Bonchev–Trinajstić information content (AvgIpc) is 2.99. The van der Waals surface area contributed by atoms with Crippen LogP contribution in [0.3, 0.4) is 0 Å². The third-order valence-corrected chi connectivity index (χ3v) is 7.17. The fraction of sp³-hybridized carbons (Fsp3) is 0.273. The Hall–Kier alpha value is -3.04. The van der Waals surface area contributed by atoms with Crippen molar-refractivity contribution in [2.45, 2.75) is 50.5 Å². The Morgan fingerprint density at radius 1 is 0.600 bits per heavy atom. The SMILES string of the molecule is OC1O[C@H](COc2cccc(Br)c2)[C@@H](OCc2ccccc2)[C@H](OCc2ccccc2)[C@H]1OCc1ccccc1. The zero-order valence-corrected chi connectivity index (χ0v) is 23.6. The van der Waals surface area contributed by atoms with Gasteiger partial charge in [0.2, 0.25) is 0 Å². The molecule has 0 amide bonds. The van der Waals surface area contributed by atoms with Gasteiger partial charge < -0.3 is 28.8 Å². The molecule has 0 bridgehead atoms. The van der Waals surface area contributed by atoms with E-state index in [0.29, 0.717) is 25.6 Å². The van der Waals surface area contributed by atoms with Crippen molar-refractivity contribution in [3.05, 3.63) is 136 Å². The summed E-state index contributed by atoms with van der Waals surface area (Å²) in [7, 11) is 0. The Morgan fingerprint density at radius 3 is 1.62 bits per heavy atom. The maximum absolute atomic E-state index is 11.2. The van der Waals surface area contributed by atoms with Gasteiger partial charge in [0.15, 0.2) is 6.29 Å². The summed E-state index contributed by atoms with van der Waals surface area (Å²) in [5, 5.41) is 11.2. The Bertz CT molecular complexity index is 1290. The predicted octanol–water partition coefficient (Wildman–Crippen LogP) is 6.30. The molecule has 0 radical (unpaired) electrons. The molecule has 0 aliphatic carbocycles. The molecular weight excluding hydrogens is 572 g/mol. The van der Waals surface area contributed by atoms with Gasteiger partial charge in [0.1, 0.15) is 36.8 Å². The first-order valence-electron chi connectivity index (χ1n) is 13.3. The van der Waals surface area contributed by atoms with Crippen LogP contribution in [0.4, 0.5) is 0 Å². The minimum atomic E-state index is -1.24. The molecule has 1 heterocycles. The van der Waals surface area contributed by atoms with E-state index in [1.807, 2.05) is 115 Å². The Kier molecular flexibility index (Phi) is 10.4. The Morgan fingerprint density at radius 2 is 1.10 bits per heavy atom. The highest BCUT2D eigenvalue weighted by Crippen LogP contribution is 2.30. The standard InChI is InChI=1S/C33H33BrO6/c34-27-17-10-18-28(19-27)36-23-29-30(37-20-24-11-4-1-5-12-24)31(38-21-25-13-6-2-7-14-25)32(33(35)40-29)39-22-26-15-8-3-9-16-26/h1-19,29-33,35H,20-23H2/t29-,30-,31+,32-,33?/m1/s1. The van der Waals surface area contributed by atoms with E-state index < -0.39 is 30.7 Å². The van der Waals surface area contributed by atoms with Crippen molar-refractivity contribution in [2.24, 2.45) is 0 Å². The van der Waals surface area contributed by atoms with Crippen LogP contribution in [0.15, 0.2) is 120 Å². The summed E-state index contributed by atoms with van der Waals surface area (Å²) in [6.45, 7) is 1.12. The van der Waals surface area contributed by atoms with Gasteiger partial charge in [-0.2, -0.15) is 0 Å². The number of aliphatic hydroxyl groups excluding tert-OH is 1.